The molecule has 0 radical (unpaired) electrons. The van der Waals surface area contributed by atoms with Crippen LogP contribution in [0.2, 0.25) is 0 Å². The number of anilines is 2. The molecule has 7 nitrogen and oxygen atoms in total. The van der Waals surface area contributed by atoms with Gasteiger partial charge in [-0.15, -0.1) is 0 Å². The molecular formula is C22H25N5O2. The van der Waals surface area contributed by atoms with Gasteiger partial charge < -0.3 is 14.5 Å². The molecule has 1 aliphatic heterocycles. The fraction of sp³-hybridized carbons (Fsp3) is 0.364. The van der Waals surface area contributed by atoms with Gasteiger partial charge in [-0.2, -0.15) is 0 Å². The Morgan fingerprint density at radius 3 is 2.66 bits per heavy atom. The van der Waals surface area contributed by atoms with Gasteiger partial charge in [0, 0.05) is 37.8 Å². The second kappa shape index (κ2) is 8.43. The summed E-state index contributed by atoms with van der Waals surface area (Å²) in [6, 6.07) is 9.96. The van der Waals surface area contributed by atoms with Crippen molar-refractivity contribution in [3.8, 4) is 0 Å². The molecule has 150 valence electrons. The Morgan fingerprint density at radius 1 is 1.03 bits per heavy atom. The van der Waals surface area contributed by atoms with Gasteiger partial charge in [-0.1, -0.05) is 11.6 Å². The Kier molecular flexibility index (Phi) is 5.55. The lowest BCUT2D eigenvalue weighted by Gasteiger charge is -2.24. The molecule has 0 unspecified atom stereocenters. The minimum Gasteiger partial charge on any atom is -0.462 e. The number of aryl methyl sites for hydroxylation is 1. The third-order valence-corrected chi connectivity index (χ3v) is 5.15. The van der Waals surface area contributed by atoms with Crippen molar-refractivity contribution in [2.75, 3.05) is 42.6 Å². The molecule has 3 heterocycles. The Hall–Kier alpha value is -3.22. The predicted molar refractivity (Wildman–Crippen MR) is 114 cm³/mol. The van der Waals surface area contributed by atoms with E-state index in [1.54, 1.807) is 25.5 Å². The lowest BCUT2D eigenvalue weighted by Crippen LogP contribution is -2.31. The third-order valence-electron chi connectivity index (χ3n) is 5.15. The molecule has 3 aromatic rings. The molecule has 0 amide bonds. The zero-order valence-electron chi connectivity index (χ0n) is 16.8. The van der Waals surface area contributed by atoms with Crippen LogP contribution >= 0.6 is 0 Å². The molecule has 0 spiro atoms. The zero-order chi connectivity index (χ0) is 20.2. The number of nitrogens with zero attached hydrogens (tertiary/aromatic N) is 5. The quantitative estimate of drug-likeness (QED) is 0.632. The lowest BCUT2D eigenvalue weighted by molar-refractivity contribution is 0.0526. The van der Waals surface area contributed by atoms with Crippen LogP contribution in [0.3, 0.4) is 0 Å². The first-order valence-electron chi connectivity index (χ1n) is 10.00. The van der Waals surface area contributed by atoms with Crippen LogP contribution < -0.4 is 9.80 Å². The molecule has 1 aromatic carbocycles. The summed E-state index contributed by atoms with van der Waals surface area (Å²) < 4.78 is 5.03. The maximum absolute atomic E-state index is 11.8. The number of fused-ring (bicyclic) bond motifs is 1. The standard InChI is InChI=1S/C22H25N5O2/c1-3-29-22(28)17-6-8-20(23-14-17)26-9-4-10-27(12-11-26)21-18-13-16(2)5-7-19(18)24-15-25-21/h5-8,13-15H,3-4,9-12H2,1-2H3. The molecule has 7 heteroatoms. The summed E-state index contributed by atoms with van der Waals surface area (Å²) in [6.07, 6.45) is 4.24. The molecule has 0 saturated carbocycles. The van der Waals surface area contributed by atoms with Crippen molar-refractivity contribution in [1.29, 1.82) is 0 Å². The van der Waals surface area contributed by atoms with Gasteiger partial charge >= 0.3 is 5.97 Å². The molecule has 29 heavy (non-hydrogen) atoms. The van der Waals surface area contributed by atoms with E-state index in [4.69, 9.17) is 4.74 Å². The van der Waals surface area contributed by atoms with Gasteiger partial charge in [0.05, 0.1) is 17.7 Å². The first-order chi connectivity index (χ1) is 14.2. The number of carbonyl (C=O) groups excluding carboxylic acids is 1. The molecule has 1 fully saturated rings. The molecule has 0 N–H and O–H groups in total. The van der Waals surface area contributed by atoms with Crippen LogP contribution in [0.25, 0.3) is 10.9 Å². The van der Waals surface area contributed by atoms with Crippen LogP contribution in [0, 0.1) is 6.92 Å². The largest absolute Gasteiger partial charge is 0.462 e. The molecule has 4 rings (SSSR count). The average Bonchev–Trinajstić information content (AvgIpc) is 3.00. The highest BCUT2D eigenvalue weighted by Crippen LogP contribution is 2.25. The van der Waals surface area contributed by atoms with E-state index >= 15 is 0 Å². The van der Waals surface area contributed by atoms with Gasteiger partial charge in [-0.3, -0.25) is 0 Å². The zero-order valence-corrected chi connectivity index (χ0v) is 16.8. The van der Waals surface area contributed by atoms with Gasteiger partial charge in [-0.25, -0.2) is 19.7 Å². The van der Waals surface area contributed by atoms with Crippen molar-refractivity contribution in [3.05, 3.63) is 54.0 Å². The van der Waals surface area contributed by atoms with Crippen molar-refractivity contribution < 1.29 is 9.53 Å². The number of hydrogen-bond donors (Lipinski definition) is 0. The summed E-state index contributed by atoms with van der Waals surface area (Å²) in [5.41, 5.74) is 2.66. The highest BCUT2D eigenvalue weighted by atomic mass is 16.5. The SMILES string of the molecule is CCOC(=O)c1ccc(N2CCCN(c3ncnc4ccc(C)cc34)CC2)nc1. The van der Waals surface area contributed by atoms with Gasteiger partial charge in [-0.05, 0) is 44.5 Å². The molecule has 0 atom stereocenters. The van der Waals surface area contributed by atoms with Crippen molar-refractivity contribution in [2.24, 2.45) is 0 Å². The number of ether oxygens (including phenoxy) is 1. The van der Waals surface area contributed by atoms with Crippen molar-refractivity contribution in [3.63, 3.8) is 0 Å². The Morgan fingerprint density at radius 2 is 1.86 bits per heavy atom. The second-order valence-corrected chi connectivity index (χ2v) is 7.17. The summed E-state index contributed by atoms with van der Waals surface area (Å²) in [6.45, 7) is 7.77. The maximum atomic E-state index is 11.8. The second-order valence-electron chi connectivity index (χ2n) is 7.17. The van der Waals surface area contributed by atoms with Crippen LogP contribution in [0.4, 0.5) is 11.6 Å². The average molecular weight is 391 g/mol. The normalized spacial score (nSPS) is 14.7. The predicted octanol–water partition coefficient (Wildman–Crippen LogP) is 3.23. The summed E-state index contributed by atoms with van der Waals surface area (Å²) in [7, 11) is 0. The lowest BCUT2D eigenvalue weighted by atomic mass is 10.1. The minimum absolute atomic E-state index is 0.334. The van der Waals surface area contributed by atoms with E-state index in [0.29, 0.717) is 12.2 Å². The fourth-order valence-corrected chi connectivity index (χ4v) is 3.68. The number of esters is 1. The minimum atomic E-state index is -0.334. The van der Waals surface area contributed by atoms with Crippen LogP contribution in [-0.4, -0.2) is 53.7 Å². The van der Waals surface area contributed by atoms with Gasteiger partial charge in [0.1, 0.15) is 18.0 Å². The number of aromatic nitrogens is 3. The van der Waals surface area contributed by atoms with E-state index in [-0.39, 0.29) is 5.97 Å². The first-order valence-corrected chi connectivity index (χ1v) is 10.00. The Balaban J connectivity index is 1.50. The van der Waals surface area contributed by atoms with Crippen LogP contribution in [0.15, 0.2) is 42.9 Å². The Labute approximate surface area is 170 Å². The molecular weight excluding hydrogens is 366 g/mol. The fourth-order valence-electron chi connectivity index (χ4n) is 3.68. The van der Waals surface area contributed by atoms with Crippen LogP contribution in [0.1, 0.15) is 29.3 Å². The van der Waals surface area contributed by atoms with E-state index in [2.05, 4.69) is 49.9 Å². The third kappa shape index (κ3) is 4.13. The van der Waals surface area contributed by atoms with Crippen molar-refractivity contribution in [2.45, 2.75) is 20.3 Å². The topological polar surface area (TPSA) is 71.5 Å². The van der Waals surface area contributed by atoms with Crippen molar-refractivity contribution in [1.82, 2.24) is 15.0 Å². The van der Waals surface area contributed by atoms with E-state index < -0.39 is 0 Å². The molecule has 0 bridgehead atoms. The highest BCUT2D eigenvalue weighted by molar-refractivity contribution is 5.90. The van der Waals surface area contributed by atoms with Crippen LogP contribution in [-0.2, 0) is 4.74 Å². The molecule has 2 aromatic heterocycles. The Bertz CT molecular complexity index is 1010. The number of pyridine rings is 1. The summed E-state index contributed by atoms with van der Waals surface area (Å²) >= 11 is 0. The highest BCUT2D eigenvalue weighted by Gasteiger charge is 2.19. The van der Waals surface area contributed by atoms with Crippen LogP contribution in [0.5, 0.6) is 0 Å². The molecule has 1 saturated heterocycles. The molecule has 1 aliphatic rings. The van der Waals surface area contributed by atoms with E-state index in [1.165, 1.54) is 5.56 Å². The smallest absolute Gasteiger partial charge is 0.339 e. The molecule has 0 aliphatic carbocycles. The summed E-state index contributed by atoms with van der Waals surface area (Å²) in [4.78, 5) is 29.9. The maximum Gasteiger partial charge on any atom is 0.339 e. The van der Waals surface area contributed by atoms with Gasteiger partial charge in [0.15, 0.2) is 0 Å². The van der Waals surface area contributed by atoms with Gasteiger partial charge in [0.2, 0.25) is 0 Å². The number of carbonyl (C=O) groups is 1. The monoisotopic (exact) mass is 391 g/mol. The van der Waals surface area contributed by atoms with E-state index in [1.807, 2.05) is 6.07 Å². The van der Waals surface area contributed by atoms with Crippen molar-refractivity contribution >= 4 is 28.5 Å². The number of rotatable bonds is 4. The van der Waals surface area contributed by atoms with Gasteiger partial charge in [0.25, 0.3) is 0 Å². The van der Waals surface area contributed by atoms with E-state index in [9.17, 15) is 4.79 Å². The summed E-state index contributed by atoms with van der Waals surface area (Å²) in [5, 5.41) is 1.10. The first kappa shape index (κ1) is 19.1. The number of benzene rings is 1. The van der Waals surface area contributed by atoms with E-state index in [0.717, 1.165) is 55.1 Å². The number of hydrogen-bond acceptors (Lipinski definition) is 7. The summed E-state index contributed by atoms with van der Waals surface area (Å²) in [5.74, 6) is 1.54.